The van der Waals surface area contributed by atoms with Gasteiger partial charge in [0, 0.05) is 15.9 Å². The van der Waals surface area contributed by atoms with Gasteiger partial charge in [-0.15, -0.1) is 11.3 Å². The number of thiophene rings is 1. The van der Waals surface area contributed by atoms with Gasteiger partial charge in [0.15, 0.2) is 0 Å². The van der Waals surface area contributed by atoms with Crippen LogP contribution in [0.2, 0.25) is 0 Å². The summed E-state index contributed by atoms with van der Waals surface area (Å²) in [4.78, 5) is 1.40. The van der Waals surface area contributed by atoms with E-state index >= 15 is 0 Å². The number of piperidine rings is 1. The lowest BCUT2D eigenvalue weighted by Gasteiger charge is -2.28. The molecule has 2 nitrogen and oxygen atoms in total. The predicted octanol–water partition coefficient (Wildman–Crippen LogP) is 3.63. The van der Waals surface area contributed by atoms with Gasteiger partial charge in [-0.05, 0) is 78.1 Å². The van der Waals surface area contributed by atoms with Crippen molar-refractivity contribution < 1.29 is 0 Å². The van der Waals surface area contributed by atoms with Crippen molar-refractivity contribution in [1.29, 1.82) is 0 Å². The van der Waals surface area contributed by atoms with Crippen molar-refractivity contribution in [2.24, 2.45) is 11.8 Å². The molecule has 1 fully saturated rings. The van der Waals surface area contributed by atoms with E-state index in [1.54, 1.807) is 0 Å². The van der Waals surface area contributed by atoms with Gasteiger partial charge in [0.2, 0.25) is 0 Å². The van der Waals surface area contributed by atoms with Crippen molar-refractivity contribution in [2.75, 3.05) is 19.6 Å². The maximum atomic E-state index is 3.57. The molecule has 0 spiro atoms. The molecule has 2 rings (SSSR count). The lowest BCUT2D eigenvalue weighted by molar-refractivity contribution is 0.266. The van der Waals surface area contributed by atoms with Crippen LogP contribution >= 0.6 is 27.3 Å². The van der Waals surface area contributed by atoms with Crippen molar-refractivity contribution >= 4 is 27.3 Å². The average molecular weight is 331 g/mol. The third kappa shape index (κ3) is 4.34. The quantitative estimate of drug-likeness (QED) is 0.778. The van der Waals surface area contributed by atoms with Crippen LogP contribution in [0.3, 0.4) is 0 Å². The van der Waals surface area contributed by atoms with Gasteiger partial charge in [-0.1, -0.05) is 6.92 Å². The largest absolute Gasteiger partial charge is 0.316 e. The minimum Gasteiger partial charge on any atom is -0.316 e. The molecule has 0 saturated carbocycles. The average Bonchev–Trinajstić information content (AvgIpc) is 2.81. The van der Waals surface area contributed by atoms with E-state index in [0.29, 0.717) is 0 Å². The molecule has 0 aromatic carbocycles. The maximum absolute atomic E-state index is 3.57. The Morgan fingerprint density at radius 1 is 1.61 bits per heavy atom. The van der Waals surface area contributed by atoms with Crippen LogP contribution in [0.4, 0.5) is 0 Å². The molecule has 0 aliphatic carbocycles. The summed E-state index contributed by atoms with van der Waals surface area (Å²) in [6.07, 6.45) is 4.05. The van der Waals surface area contributed by atoms with Crippen LogP contribution in [0.25, 0.3) is 0 Å². The molecular formula is C14H23BrN2S. The molecule has 0 bridgehead atoms. The van der Waals surface area contributed by atoms with Gasteiger partial charge in [0.05, 0.1) is 0 Å². The van der Waals surface area contributed by atoms with Gasteiger partial charge >= 0.3 is 0 Å². The second-order valence-corrected chi connectivity index (χ2v) is 7.10. The monoisotopic (exact) mass is 330 g/mol. The van der Waals surface area contributed by atoms with Crippen molar-refractivity contribution in [3.8, 4) is 0 Å². The second kappa shape index (κ2) is 7.63. The molecule has 2 unspecified atom stereocenters. The first-order chi connectivity index (χ1) is 8.77. The fourth-order valence-corrected chi connectivity index (χ4v) is 4.05. The van der Waals surface area contributed by atoms with Crippen molar-refractivity contribution in [3.05, 3.63) is 20.8 Å². The molecule has 2 atom stereocenters. The Bertz CT molecular complexity index is 347. The van der Waals surface area contributed by atoms with E-state index in [2.05, 4.69) is 44.9 Å². The molecule has 1 saturated heterocycles. The summed E-state index contributed by atoms with van der Waals surface area (Å²) in [7, 11) is 0. The molecule has 1 aliphatic heterocycles. The van der Waals surface area contributed by atoms with Crippen LogP contribution in [-0.4, -0.2) is 19.6 Å². The van der Waals surface area contributed by atoms with E-state index < -0.39 is 0 Å². The Hall–Kier alpha value is 0.1000. The van der Waals surface area contributed by atoms with Gasteiger partial charge in [-0.25, -0.2) is 0 Å². The Morgan fingerprint density at radius 2 is 2.50 bits per heavy atom. The van der Waals surface area contributed by atoms with Crippen molar-refractivity contribution in [1.82, 2.24) is 10.6 Å². The van der Waals surface area contributed by atoms with Crippen LogP contribution in [0.15, 0.2) is 15.9 Å². The minimum atomic E-state index is 0.831. The van der Waals surface area contributed by atoms with E-state index in [1.807, 2.05) is 11.3 Å². The fraction of sp³-hybridized carbons (Fsp3) is 0.714. The first-order valence-electron chi connectivity index (χ1n) is 6.90. The Morgan fingerprint density at radius 3 is 3.17 bits per heavy atom. The molecule has 2 heterocycles. The molecular weight excluding hydrogens is 308 g/mol. The third-order valence-electron chi connectivity index (χ3n) is 3.89. The van der Waals surface area contributed by atoms with Crippen LogP contribution in [0, 0.1) is 11.8 Å². The van der Waals surface area contributed by atoms with Crippen LogP contribution < -0.4 is 10.6 Å². The zero-order valence-corrected chi connectivity index (χ0v) is 13.4. The second-order valence-electron chi connectivity index (χ2n) is 5.24. The molecule has 0 amide bonds. The highest BCUT2D eigenvalue weighted by Crippen LogP contribution is 2.23. The van der Waals surface area contributed by atoms with E-state index in [9.17, 15) is 0 Å². The number of hydrogen-bond donors (Lipinski definition) is 2. The van der Waals surface area contributed by atoms with Gasteiger partial charge in [0.1, 0.15) is 0 Å². The van der Waals surface area contributed by atoms with E-state index in [1.165, 1.54) is 41.7 Å². The Kier molecular flexibility index (Phi) is 6.15. The maximum Gasteiger partial charge on any atom is 0.0327 e. The van der Waals surface area contributed by atoms with Crippen molar-refractivity contribution in [3.63, 3.8) is 0 Å². The van der Waals surface area contributed by atoms with Crippen molar-refractivity contribution in [2.45, 2.75) is 32.7 Å². The molecule has 1 aromatic heterocycles. The zero-order valence-electron chi connectivity index (χ0n) is 11.0. The highest BCUT2D eigenvalue weighted by molar-refractivity contribution is 9.10. The lowest BCUT2D eigenvalue weighted by atomic mass is 9.85. The molecule has 2 N–H and O–H groups in total. The molecule has 0 radical (unpaired) electrons. The smallest absolute Gasteiger partial charge is 0.0327 e. The number of rotatable bonds is 6. The van der Waals surface area contributed by atoms with Gasteiger partial charge in [-0.2, -0.15) is 0 Å². The predicted molar refractivity (Wildman–Crippen MR) is 83.1 cm³/mol. The van der Waals surface area contributed by atoms with Gasteiger partial charge in [-0.3, -0.25) is 0 Å². The fourth-order valence-electron chi connectivity index (χ4n) is 2.58. The van der Waals surface area contributed by atoms with E-state index in [0.717, 1.165) is 24.9 Å². The SMILES string of the molecule is CC(CCNCc1sccc1Br)C1CCCNC1. The van der Waals surface area contributed by atoms with E-state index in [4.69, 9.17) is 0 Å². The molecule has 102 valence electrons. The molecule has 4 heteroatoms. The highest BCUT2D eigenvalue weighted by atomic mass is 79.9. The Balaban J connectivity index is 1.61. The van der Waals surface area contributed by atoms with Crippen LogP contribution in [0.1, 0.15) is 31.1 Å². The first-order valence-corrected chi connectivity index (χ1v) is 8.58. The number of halogens is 1. The van der Waals surface area contributed by atoms with Gasteiger partial charge < -0.3 is 10.6 Å². The normalized spacial score (nSPS) is 22.0. The zero-order chi connectivity index (χ0) is 12.8. The lowest BCUT2D eigenvalue weighted by Crippen LogP contribution is -2.34. The third-order valence-corrected chi connectivity index (χ3v) is 5.82. The summed E-state index contributed by atoms with van der Waals surface area (Å²) >= 11 is 5.39. The minimum absolute atomic E-state index is 0.831. The van der Waals surface area contributed by atoms with E-state index in [-0.39, 0.29) is 0 Å². The molecule has 1 aliphatic rings. The molecule has 18 heavy (non-hydrogen) atoms. The standard InChI is InChI=1S/C14H23BrN2S/c1-11(12-3-2-6-16-9-12)4-7-17-10-14-13(15)5-8-18-14/h5,8,11-12,16-17H,2-4,6-7,9-10H2,1H3. The Labute approximate surface area is 123 Å². The summed E-state index contributed by atoms with van der Waals surface area (Å²) in [5, 5.41) is 9.21. The summed E-state index contributed by atoms with van der Waals surface area (Å²) in [6.45, 7) is 6.96. The van der Waals surface area contributed by atoms with Crippen LogP contribution in [-0.2, 0) is 6.54 Å². The number of hydrogen-bond acceptors (Lipinski definition) is 3. The summed E-state index contributed by atoms with van der Waals surface area (Å²) < 4.78 is 1.24. The summed E-state index contributed by atoms with van der Waals surface area (Å²) in [5.74, 6) is 1.71. The summed E-state index contributed by atoms with van der Waals surface area (Å²) in [6, 6.07) is 2.12. The summed E-state index contributed by atoms with van der Waals surface area (Å²) in [5.41, 5.74) is 0. The van der Waals surface area contributed by atoms with Crippen LogP contribution in [0.5, 0.6) is 0 Å². The first kappa shape index (κ1) is 14.5. The highest BCUT2D eigenvalue weighted by Gasteiger charge is 2.19. The topological polar surface area (TPSA) is 24.1 Å². The number of nitrogens with one attached hydrogen (secondary N) is 2. The van der Waals surface area contributed by atoms with Gasteiger partial charge in [0.25, 0.3) is 0 Å². The molecule has 1 aromatic rings.